The molecule has 0 saturated heterocycles. The van der Waals surface area contributed by atoms with E-state index in [0.29, 0.717) is 13.0 Å². The smallest absolute Gasteiger partial charge is 0.226 e. The lowest BCUT2D eigenvalue weighted by Crippen LogP contribution is -2.16. The van der Waals surface area contributed by atoms with Gasteiger partial charge >= 0.3 is 0 Å². The van der Waals surface area contributed by atoms with E-state index in [1.807, 2.05) is 24.3 Å². The molecule has 0 heterocycles. The number of hydrogen-bond acceptors (Lipinski definition) is 4. The zero-order valence-electron chi connectivity index (χ0n) is 13.8. The number of anilines is 3. The van der Waals surface area contributed by atoms with Gasteiger partial charge < -0.3 is 20.7 Å². The summed E-state index contributed by atoms with van der Waals surface area (Å²) in [5, 5.41) is 8.70. The van der Waals surface area contributed by atoms with E-state index in [2.05, 4.69) is 16.0 Å². The Morgan fingerprint density at radius 1 is 0.958 bits per heavy atom. The van der Waals surface area contributed by atoms with E-state index >= 15 is 0 Å². The zero-order chi connectivity index (χ0) is 17.4. The monoisotopic (exact) mass is 327 g/mol. The van der Waals surface area contributed by atoms with E-state index in [4.69, 9.17) is 4.74 Å². The van der Waals surface area contributed by atoms with E-state index in [9.17, 15) is 9.59 Å². The third-order valence-electron chi connectivity index (χ3n) is 3.24. The van der Waals surface area contributed by atoms with Crippen LogP contribution in [-0.4, -0.2) is 25.5 Å². The molecule has 0 fully saturated rings. The zero-order valence-corrected chi connectivity index (χ0v) is 13.8. The third kappa shape index (κ3) is 5.64. The lowest BCUT2D eigenvalue weighted by molar-refractivity contribution is -0.116. The molecule has 126 valence electrons. The molecule has 0 radical (unpaired) electrons. The average molecular weight is 327 g/mol. The fourth-order valence-corrected chi connectivity index (χ4v) is 2.13. The summed E-state index contributed by atoms with van der Waals surface area (Å²) in [6.07, 6.45) is 0.330. The molecule has 6 heteroatoms. The number of amides is 2. The van der Waals surface area contributed by atoms with Crippen LogP contribution in [0.15, 0.2) is 48.5 Å². The van der Waals surface area contributed by atoms with Crippen molar-refractivity contribution in [3.63, 3.8) is 0 Å². The molecule has 6 nitrogen and oxygen atoms in total. The van der Waals surface area contributed by atoms with Crippen molar-refractivity contribution in [3.05, 3.63) is 48.5 Å². The van der Waals surface area contributed by atoms with Crippen LogP contribution >= 0.6 is 0 Å². The molecule has 0 saturated carbocycles. The van der Waals surface area contributed by atoms with Crippen molar-refractivity contribution in [2.45, 2.75) is 13.3 Å². The Kier molecular flexibility index (Phi) is 6.19. The molecule has 3 N–H and O–H groups in total. The Bertz CT molecular complexity index is 699. The molecule has 0 spiro atoms. The average Bonchev–Trinajstić information content (AvgIpc) is 2.55. The van der Waals surface area contributed by atoms with Crippen LogP contribution in [0.4, 0.5) is 17.1 Å². The first-order valence-corrected chi connectivity index (χ1v) is 7.62. The third-order valence-corrected chi connectivity index (χ3v) is 3.24. The second-order valence-corrected chi connectivity index (χ2v) is 5.22. The van der Waals surface area contributed by atoms with Crippen LogP contribution in [0.25, 0.3) is 0 Å². The van der Waals surface area contributed by atoms with Crippen LogP contribution in [0.1, 0.15) is 13.3 Å². The van der Waals surface area contributed by atoms with Crippen molar-refractivity contribution >= 4 is 28.9 Å². The maximum absolute atomic E-state index is 11.9. The Hall–Kier alpha value is -3.02. The minimum Gasteiger partial charge on any atom is -0.497 e. The van der Waals surface area contributed by atoms with E-state index < -0.39 is 0 Å². The van der Waals surface area contributed by atoms with Gasteiger partial charge in [0, 0.05) is 37.0 Å². The first-order valence-electron chi connectivity index (χ1n) is 7.62. The van der Waals surface area contributed by atoms with Crippen molar-refractivity contribution < 1.29 is 14.3 Å². The van der Waals surface area contributed by atoms with Gasteiger partial charge in [-0.3, -0.25) is 9.59 Å². The molecule has 2 amide bonds. The number of carbonyl (C=O) groups is 2. The van der Waals surface area contributed by atoms with Crippen LogP contribution in [0.3, 0.4) is 0 Å². The Morgan fingerprint density at radius 2 is 1.67 bits per heavy atom. The maximum Gasteiger partial charge on any atom is 0.226 e. The van der Waals surface area contributed by atoms with Crippen molar-refractivity contribution in [2.24, 2.45) is 0 Å². The summed E-state index contributed by atoms with van der Waals surface area (Å²) in [4.78, 5) is 23.0. The van der Waals surface area contributed by atoms with E-state index in [1.165, 1.54) is 6.92 Å². The summed E-state index contributed by atoms with van der Waals surface area (Å²) in [6.45, 7) is 1.95. The number of hydrogen-bond donors (Lipinski definition) is 3. The summed E-state index contributed by atoms with van der Waals surface area (Å²) >= 11 is 0. The van der Waals surface area contributed by atoms with Crippen LogP contribution < -0.4 is 20.7 Å². The van der Waals surface area contributed by atoms with E-state index in [0.717, 1.165) is 22.8 Å². The Morgan fingerprint density at radius 3 is 2.33 bits per heavy atom. The van der Waals surface area contributed by atoms with Gasteiger partial charge in [0.15, 0.2) is 0 Å². The van der Waals surface area contributed by atoms with Gasteiger partial charge in [-0.2, -0.15) is 0 Å². The second kappa shape index (κ2) is 8.57. The first-order chi connectivity index (χ1) is 11.6. The van der Waals surface area contributed by atoms with Crippen LogP contribution in [0.5, 0.6) is 5.75 Å². The molecule has 0 unspecified atom stereocenters. The second-order valence-electron chi connectivity index (χ2n) is 5.22. The normalized spacial score (nSPS) is 9.92. The molecule has 2 aromatic carbocycles. The maximum atomic E-state index is 11.9. The minimum absolute atomic E-state index is 0.0781. The molecule has 2 rings (SSSR count). The van der Waals surface area contributed by atoms with Gasteiger partial charge in [0.25, 0.3) is 0 Å². The fourth-order valence-electron chi connectivity index (χ4n) is 2.13. The van der Waals surface area contributed by atoms with Gasteiger partial charge in [-0.05, 0) is 42.5 Å². The van der Waals surface area contributed by atoms with E-state index in [1.54, 1.807) is 31.4 Å². The molecule has 0 aliphatic heterocycles. The number of carbonyl (C=O) groups excluding carboxylic acids is 2. The number of ether oxygens (including phenoxy) is 1. The number of methoxy groups -OCH3 is 1. The highest BCUT2D eigenvalue weighted by molar-refractivity contribution is 5.91. The minimum atomic E-state index is -0.119. The van der Waals surface area contributed by atoms with Crippen LogP contribution in [-0.2, 0) is 9.59 Å². The largest absolute Gasteiger partial charge is 0.497 e. The predicted molar refractivity (Wildman–Crippen MR) is 95.5 cm³/mol. The van der Waals surface area contributed by atoms with Gasteiger partial charge in [0.1, 0.15) is 5.75 Å². The molecule has 0 bridgehead atoms. The first kappa shape index (κ1) is 17.3. The topological polar surface area (TPSA) is 79.5 Å². The SMILES string of the molecule is COc1ccc(NC(=O)CCNc2cccc(NC(C)=O)c2)cc1. The number of benzene rings is 2. The molecule has 2 aromatic rings. The summed E-state index contributed by atoms with van der Waals surface area (Å²) in [7, 11) is 1.60. The van der Waals surface area contributed by atoms with Gasteiger partial charge in [0.05, 0.1) is 7.11 Å². The summed E-state index contributed by atoms with van der Waals surface area (Å²) in [5.74, 6) is 0.547. The van der Waals surface area contributed by atoms with Crippen LogP contribution in [0.2, 0.25) is 0 Å². The molecular formula is C18H21N3O3. The molecule has 0 atom stereocenters. The van der Waals surface area contributed by atoms with E-state index in [-0.39, 0.29) is 11.8 Å². The quantitative estimate of drug-likeness (QED) is 0.730. The Balaban J connectivity index is 1.78. The molecular weight excluding hydrogens is 306 g/mol. The molecule has 24 heavy (non-hydrogen) atoms. The lowest BCUT2D eigenvalue weighted by atomic mass is 10.2. The van der Waals surface area contributed by atoms with Crippen molar-refractivity contribution in [1.82, 2.24) is 0 Å². The van der Waals surface area contributed by atoms with Crippen LogP contribution in [0, 0.1) is 0 Å². The standard InChI is InChI=1S/C18H21N3O3/c1-13(22)20-16-5-3-4-15(12-16)19-11-10-18(23)21-14-6-8-17(24-2)9-7-14/h3-9,12,19H,10-11H2,1-2H3,(H,20,22)(H,21,23). The van der Waals surface area contributed by atoms with Crippen molar-refractivity contribution in [3.8, 4) is 5.75 Å². The Labute approximate surface area is 141 Å². The van der Waals surface area contributed by atoms with Gasteiger partial charge in [0.2, 0.25) is 11.8 Å². The highest BCUT2D eigenvalue weighted by Crippen LogP contribution is 2.16. The fraction of sp³-hybridized carbons (Fsp3) is 0.222. The number of rotatable bonds is 7. The molecule has 0 aliphatic carbocycles. The highest BCUT2D eigenvalue weighted by atomic mass is 16.5. The van der Waals surface area contributed by atoms with Gasteiger partial charge in [-0.15, -0.1) is 0 Å². The summed E-state index contributed by atoms with van der Waals surface area (Å²) < 4.78 is 5.07. The number of nitrogens with one attached hydrogen (secondary N) is 3. The van der Waals surface area contributed by atoms with Gasteiger partial charge in [-0.1, -0.05) is 6.07 Å². The van der Waals surface area contributed by atoms with Gasteiger partial charge in [-0.25, -0.2) is 0 Å². The van der Waals surface area contributed by atoms with Crippen molar-refractivity contribution in [1.29, 1.82) is 0 Å². The molecule has 0 aromatic heterocycles. The molecule has 0 aliphatic rings. The lowest BCUT2D eigenvalue weighted by Gasteiger charge is -2.09. The summed E-state index contributed by atoms with van der Waals surface area (Å²) in [5.41, 5.74) is 2.29. The highest BCUT2D eigenvalue weighted by Gasteiger charge is 2.03. The summed E-state index contributed by atoms with van der Waals surface area (Å²) in [6, 6.07) is 14.5. The predicted octanol–water partition coefficient (Wildman–Crippen LogP) is 3.09. The van der Waals surface area contributed by atoms with Crippen molar-refractivity contribution in [2.75, 3.05) is 29.6 Å².